The Kier molecular flexibility index (Phi) is 7.17. The molecule has 2 heterocycles. The van der Waals surface area contributed by atoms with E-state index in [-0.39, 0.29) is 0 Å². The normalized spacial score (nSPS) is 11.6. The van der Waals surface area contributed by atoms with E-state index in [1.165, 1.54) is 43.7 Å². The van der Waals surface area contributed by atoms with E-state index in [4.69, 9.17) is 4.42 Å². The highest BCUT2D eigenvalue weighted by molar-refractivity contribution is 6.24. The third-order valence-electron chi connectivity index (χ3n) is 11.0. The smallest absolute Gasteiger partial charge is 0.138 e. The number of anilines is 3. The van der Waals surface area contributed by atoms with Gasteiger partial charge in [0.1, 0.15) is 11.2 Å². The summed E-state index contributed by atoms with van der Waals surface area (Å²) in [5, 5.41) is 7.07. The van der Waals surface area contributed by atoms with Gasteiger partial charge in [0.05, 0.1) is 16.7 Å². The molecule has 0 unspecified atom stereocenters. The van der Waals surface area contributed by atoms with E-state index in [0.29, 0.717) is 0 Å². The highest BCUT2D eigenvalue weighted by atomic mass is 16.3. The highest BCUT2D eigenvalue weighted by Gasteiger charge is 2.22. The van der Waals surface area contributed by atoms with Crippen molar-refractivity contribution in [1.29, 1.82) is 0 Å². The molecular formula is C52H34N2O. The predicted octanol–water partition coefficient (Wildman–Crippen LogP) is 14.6. The van der Waals surface area contributed by atoms with Gasteiger partial charge in [0, 0.05) is 44.7 Å². The molecule has 2 aromatic heterocycles. The lowest BCUT2D eigenvalue weighted by molar-refractivity contribution is 0.669. The van der Waals surface area contributed by atoms with Crippen LogP contribution >= 0.6 is 0 Å². The number of aromatic nitrogens is 1. The van der Waals surface area contributed by atoms with E-state index in [1.807, 2.05) is 0 Å². The standard InChI is InChI=1S/C52H34N2O/c1-4-14-35(15-5-1)36-24-28-41(29-25-36)53(39-17-6-2-7-18-39)42-33-45(52-50(34-42)55-49-31-27-37-16-10-11-21-43(37)51(49)52)38-26-30-48-46(32-38)44-22-12-13-23-47(44)54(48)40-19-8-3-9-20-40/h1-34H. The molecule has 3 nitrogen and oxygen atoms in total. The molecule has 258 valence electrons. The zero-order chi connectivity index (χ0) is 36.3. The predicted molar refractivity (Wildman–Crippen MR) is 231 cm³/mol. The van der Waals surface area contributed by atoms with Crippen LogP contribution in [0.1, 0.15) is 0 Å². The Balaban J connectivity index is 1.19. The molecule has 0 spiro atoms. The molecule has 3 heteroatoms. The van der Waals surface area contributed by atoms with Crippen molar-refractivity contribution in [3.05, 3.63) is 206 Å². The van der Waals surface area contributed by atoms with Crippen LogP contribution in [0.15, 0.2) is 211 Å². The number of hydrogen-bond donors (Lipinski definition) is 0. The Morgan fingerprint density at radius 2 is 0.982 bits per heavy atom. The van der Waals surface area contributed by atoms with Crippen molar-refractivity contribution in [2.24, 2.45) is 0 Å². The fraction of sp³-hybridized carbons (Fsp3) is 0. The van der Waals surface area contributed by atoms with Crippen LogP contribution in [0.5, 0.6) is 0 Å². The van der Waals surface area contributed by atoms with Crippen LogP contribution in [0.2, 0.25) is 0 Å². The fourth-order valence-corrected chi connectivity index (χ4v) is 8.46. The first-order valence-corrected chi connectivity index (χ1v) is 18.8. The molecule has 0 N–H and O–H groups in total. The summed E-state index contributed by atoms with van der Waals surface area (Å²) in [5.74, 6) is 0. The highest BCUT2D eigenvalue weighted by Crippen LogP contribution is 2.46. The summed E-state index contributed by atoms with van der Waals surface area (Å²) in [6.45, 7) is 0. The number of hydrogen-bond acceptors (Lipinski definition) is 2. The number of fused-ring (bicyclic) bond motifs is 8. The molecule has 55 heavy (non-hydrogen) atoms. The summed E-state index contributed by atoms with van der Waals surface area (Å²) >= 11 is 0. The van der Waals surface area contributed by atoms with Crippen molar-refractivity contribution in [2.75, 3.05) is 4.90 Å². The van der Waals surface area contributed by atoms with Gasteiger partial charge in [-0.05, 0) is 99.8 Å². The molecule has 0 aliphatic rings. The van der Waals surface area contributed by atoms with Gasteiger partial charge in [-0.2, -0.15) is 0 Å². The fourth-order valence-electron chi connectivity index (χ4n) is 8.46. The van der Waals surface area contributed by atoms with Gasteiger partial charge in [0.15, 0.2) is 0 Å². The average molecular weight is 703 g/mol. The summed E-state index contributed by atoms with van der Waals surface area (Å²) in [5.41, 5.74) is 13.1. The second-order valence-corrected chi connectivity index (χ2v) is 14.1. The average Bonchev–Trinajstić information content (AvgIpc) is 3.81. The maximum absolute atomic E-state index is 6.85. The van der Waals surface area contributed by atoms with Gasteiger partial charge < -0.3 is 13.9 Å². The third-order valence-corrected chi connectivity index (χ3v) is 11.0. The summed E-state index contributed by atoms with van der Waals surface area (Å²) in [6.07, 6.45) is 0. The Bertz CT molecular complexity index is 3180. The zero-order valence-corrected chi connectivity index (χ0v) is 29.9. The molecule has 0 saturated carbocycles. The zero-order valence-electron chi connectivity index (χ0n) is 29.9. The van der Waals surface area contributed by atoms with Gasteiger partial charge in [0.25, 0.3) is 0 Å². The van der Waals surface area contributed by atoms with Crippen molar-refractivity contribution < 1.29 is 4.42 Å². The van der Waals surface area contributed by atoms with Crippen molar-refractivity contribution in [3.8, 4) is 27.9 Å². The van der Waals surface area contributed by atoms with Crippen LogP contribution in [0.3, 0.4) is 0 Å². The lowest BCUT2D eigenvalue weighted by Crippen LogP contribution is -2.10. The Hall–Kier alpha value is -7.36. The summed E-state index contributed by atoms with van der Waals surface area (Å²) in [7, 11) is 0. The van der Waals surface area contributed by atoms with E-state index >= 15 is 0 Å². The number of furan rings is 1. The maximum Gasteiger partial charge on any atom is 0.138 e. The van der Waals surface area contributed by atoms with E-state index in [2.05, 4.69) is 216 Å². The van der Waals surface area contributed by atoms with Crippen molar-refractivity contribution >= 4 is 71.6 Å². The molecule has 0 amide bonds. The van der Waals surface area contributed by atoms with Crippen molar-refractivity contribution in [2.45, 2.75) is 0 Å². The molecule has 0 aliphatic heterocycles. The van der Waals surface area contributed by atoms with Gasteiger partial charge in [-0.25, -0.2) is 0 Å². The summed E-state index contributed by atoms with van der Waals surface area (Å²) in [4.78, 5) is 2.34. The van der Waals surface area contributed by atoms with Gasteiger partial charge >= 0.3 is 0 Å². The molecule has 11 rings (SSSR count). The first-order chi connectivity index (χ1) is 27.3. The molecule has 0 saturated heterocycles. The lowest BCUT2D eigenvalue weighted by Gasteiger charge is -2.26. The monoisotopic (exact) mass is 702 g/mol. The maximum atomic E-state index is 6.85. The first-order valence-electron chi connectivity index (χ1n) is 18.8. The summed E-state index contributed by atoms with van der Waals surface area (Å²) in [6, 6.07) is 73.8. The van der Waals surface area contributed by atoms with Gasteiger partial charge in [-0.1, -0.05) is 133 Å². The van der Waals surface area contributed by atoms with E-state index in [0.717, 1.165) is 55.8 Å². The molecule has 0 radical (unpaired) electrons. The molecule has 0 bridgehead atoms. The topological polar surface area (TPSA) is 21.3 Å². The Morgan fingerprint density at radius 3 is 1.78 bits per heavy atom. The Labute approximate surface area is 318 Å². The van der Waals surface area contributed by atoms with Gasteiger partial charge in [0.2, 0.25) is 0 Å². The minimum Gasteiger partial charge on any atom is -0.456 e. The minimum absolute atomic E-state index is 0.854. The molecule has 9 aromatic carbocycles. The molecule has 0 atom stereocenters. The molecular weight excluding hydrogens is 669 g/mol. The number of nitrogens with zero attached hydrogens (tertiary/aromatic N) is 2. The third kappa shape index (κ3) is 5.13. The van der Waals surface area contributed by atoms with Crippen LogP contribution in [0.25, 0.3) is 82.5 Å². The Morgan fingerprint density at radius 1 is 0.364 bits per heavy atom. The van der Waals surface area contributed by atoms with Crippen LogP contribution in [-0.2, 0) is 0 Å². The van der Waals surface area contributed by atoms with E-state index < -0.39 is 0 Å². The van der Waals surface area contributed by atoms with Crippen LogP contribution in [-0.4, -0.2) is 4.57 Å². The summed E-state index contributed by atoms with van der Waals surface area (Å²) < 4.78 is 9.22. The van der Waals surface area contributed by atoms with E-state index in [9.17, 15) is 0 Å². The largest absolute Gasteiger partial charge is 0.456 e. The number of benzene rings is 9. The molecule has 0 fully saturated rings. The van der Waals surface area contributed by atoms with Gasteiger partial charge in [-0.15, -0.1) is 0 Å². The lowest BCUT2D eigenvalue weighted by atomic mass is 9.94. The minimum atomic E-state index is 0.854. The number of rotatable bonds is 6. The number of para-hydroxylation sites is 3. The quantitative estimate of drug-likeness (QED) is 0.172. The van der Waals surface area contributed by atoms with E-state index in [1.54, 1.807) is 0 Å². The molecule has 11 aromatic rings. The van der Waals surface area contributed by atoms with Crippen LogP contribution in [0.4, 0.5) is 17.1 Å². The van der Waals surface area contributed by atoms with Crippen LogP contribution < -0.4 is 4.90 Å². The second kappa shape index (κ2) is 12.6. The van der Waals surface area contributed by atoms with Crippen molar-refractivity contribution in [3.63, 3.8) is 0 Å². The first kappa shape index (κ1) is 31.2. The van der Waals surface area contributed by atoms with Gasteiger partial charge in [-0.3, -0.25) is 0 Å². The van der Waals surface area contributed by atoms with Crippen LogP contribution in [0, 0.1) is 0 Å². The second-order valence-electron chi connectivity index (χ2n) is 14.1. The molecule has 0 aliphatic carbocycles. The SMILES string of the molecule is c1ccc(-c2ccc(N(c3ccccc3)c3cc(-c4ccc5c(c4)c4ccccc4n5-c4ccccc4)c4c(c3)oc3ccc5ccccc5c34)cc2)cc1. The van der Waals surface area contributed by atoms with Crippen molar-refractivity contribution in [1.82, 2.24) is 4.57 Å².